The topological polar surface area (TPSA) is 98.5 Å². The Kier molecular flexibility index (Phi) is 4.43. The number of nitrogens with one attached hydrogen (secondary N) is 1. The molecule has 1 atom stereocenters. The molecule has 0 bridgehead atoms. The highest BCUT2D eigenvalue weighted by atomic mass is 32.2. The summed E-state index contributed by atoms with van der Waals surface area (Å²) in [5.74, 6) is 2.11. The Morgan fingerprint density at radius 3 is 2.74 bits per heavy atom. The number of nitro benzene ring substituents is 1. The molecule has 0 aliphatic carbocycles. The fourth-order valence-corrected chi connectivity index (χ4v) is 2.32. The number of carbonyl (C=O) groups excluding carboxylic acids is 1. The maximum absolute atomic E-state index is 13.6. The van der Waals surface area contributed by atoms with Gasteiger partial charge in [0.1, 0.15) is 5.82 Å². The van der Waals surface area contributed by atoms with Crippen molar-refractivity contribution in [3.8, 4) is 0 Å². The lowest BCUT2D eigenvalue weighted by Crippen LogP contribution is -2.31. The van der Waals surface area contributed by atoms with Gasteiger partial charge in [-0.2, -0.15) is 0 Å². The minimum absolute atomic E-state index is 0.0457. The quantitative estimate of drug-likeness (QED) is 0.514. The highest BCUT2D eigenvalue weighted by molar-refractivity contribution is 7.99. The fraction of sp³-hybridized carbons (Fsp3) is 0.200. The summed E-state index contributed by atoms with van der Waals surface area (Å²) in [6.45, 7) is 1.58. The van der Waals surface area contributed by atoms with Crippen LogP contribution in [0.2, 0.25) is 0 Å². The van der Waals surface area contributed by atoms with Crippen LogP contribution >= 0.6 is 0 Å². The van der Waals surface area contributed by atoms with Crippen LogP contribution in [0.3, 0.4) is 0 Å². The molecular formula is C10H11FN2O5S. The SMILES string of the molecule is C=S(=O)(NC(=O)OCC)c1ccc([N+](=O)[O-])cc1F. The largest absolute Gasteiger partial charge is 0.449 e. The predicted octanol–water partition coefficient (Wildman–Crippen LogP) is 1.47. The first-order valence-corrected chi connectivity index (χ1v) is 6.76. The Hall–Kier alpha value is -2.16. The number of amides is 1. The average Bonchev–Trinajstić information content (AvgIpc) is 2.27. The van der Waals surface area contributed by atoms with E-state index in [2.05, 4.69) is 10.6 Å². The van der Waals surface area contributed by atoms with Gasteiger partial charge in [0.2, 0.25) is 0 Å². The van der Waals surface area contributed by atoms with Crippen LogP contribution in [0.5, 0.6) is 0 Å². The summed E-state index contributed by atoms with van der Waals surface area (Å²) < 4.78 is 32.1. The molecule has 19 heavy (non-hydrogen) atoms. The van der Waals surface area contributed by atoms with Gasteiger partial charge in [-0.3, -0.25) is 10.1 Å². The lowest BCUT2D eigenvalue weighted by atomic mass is 10.3. The van der Waals surface area contributed by atoms with Crippen LogP contribution in [-0.2, 0) is 14.4 Å². The van der Waals surface area contributed by atoms with Crippen LogP contribution in [0.4, 0.5) is 14.9 Å². The predicted molar refractivity (Wildman–Crippen MR) is 66.7 cm³/mol. The summed E-state index contributed by atoms with van der Waals surface area (Å²) in [4.78, 5) is 20.3. The van der Waals surface area contributed by atoms with Crippen LogP contribution < -0.4 is 4.72 Å². The van der Waals surface area contributed by atoms with Crippen molar-refractivity contribution in [3.63, 3.8) is 0 Å². The van der Waals surface area contributed by atoms with Crippen LogP contribution in [0.25, 0.3) is 0 Å². The van der Waals surface area contributed by atoms with E-state index in [0.717, 1.165) is 12.1 Å². The first-order chi connectivity index (χ1) is 8.77. The van der Waals surface area contributed by atoms with Crippen molar-refractivity contribution >= 4 is 27.4 Å². The molecule has 1 aromatic carbocycles. The Morgan fingerprint density at radius 2 is 2.26 bits per heavy atom. The third kappa shape index (κ3) is 3.65. The summed E-state index contributed by atoms with van der Waals surface area (Å²) in [6, 6.07) is 2.51. The smallest absolute Gasteiger partial charge is 0.418 e. The zero-order valence-corrected chi connectivity index (χ0v) is 10.7. The summed E-state index contributed by atoms with van der Waals surface area (Å²) in [6.07, 6.45) is -1.01. The minimum atomic E-state index is -3.48. The molecule has 104 valence electrons. The number of carbonyl (C=O) groups is 1. The summed E-state index contributed by atoms with van der Waals surface area (Å²) in [5, 5.41) is 10.4. The van der Waals surface area contributed by atoms with E-state index in [-0.39, 0.29) is 6.61 Å². The van der Waals surface area contributed by atoms with E-state index in [1.165, 1.54) is 6.92 Å². The minimum Gasteiger partial charge on any atom is -0.449 e. The molecular weight excluding hydrogens is 279 g/mol. The van der Waals surface area contributed by atoms with Gasteiger partial charge in [0.05, 0.1) is 32.2 Å². The van der Waals surface area contributed by atoms with Gasteiger partial charge in [-0.05, 0) is 18.9 Å². The van der Waals surface area contributed by atoms with E-state index in [0.29, 0.717) is 6.07 Å². The fourth-order valence-electron chi connectivity index (χ4n) is 1.22. The first kappa shape index (κ1) is 14.9. The number of benzene rings is 1. The molecule has 7 nitrogen and oxygen atoms in total. The molecule has 0 saturated carbocycles. The molecule has 0 aromatic heterocycles. The number of hydrogen-bond donors (Lipinski definition) is 1. The van der Waals surface area contributed by atoms with Crippen LogP contribution in [0.15, 0.2) is 23.1 Å². The number of halogens is 1. The second kappa shape index (κ2) is 5.65. The summed E-state index contributed by atoms with van der Waals surface area (Å²) in [5.41, 5.74) is -0.493. The number of nitrogens with zero attached hydrogens (tertiary/aromatic N) is 1. The Balaban J connectivity index is 3.09. The van der Waals surface area contributed by atoms with E-state index in [1.807, 2.05) is 4.72 Å². The maximum atomic E-state index is 13.6. The van der Waals surface area contributed by atoms with Crippen LogP contribution in [-0.4, -0.2) is 27.7 Å². The van der Waals surface area contributed by atoms with E-state index in [4.69, 9.17) is 0 Å². The molecule has 0 saturated heterocycles. The standard InChI is InChI=1S/C10H11FN2O5S/c1-3-18-10(14)12-19(2,17)9-5-4-7(13(15)16)6-8(9)11/h4-6H,2-3H2,1H3,(H,12,14,17). The number of ether oxygens (including phenoxy) is 1. The number of hydrogen-bond acceptors (Lipinski definition) is 5. The molecule has 1 rings (SSSR count). The summed E-state index contributed by atoms with van der Waals surface area (Å²) >= 11 is 0. The molecule has 0 fully saturated rings. The molecule has 1 amide bonds. The van der Waals surface area contributed by atoms with Gasteiger partial charge in [-0.15, -0.1) is 0 Å². The normalized spacial score (nSPS) is 13.4. The van der Waals surface area contributed by atoms with Crippen molar-refractivity contribution in [1.29, 1.82) is 0 Å². The van der Waals surface area contributed by atoms with Gasteiger partial charge in [0.15, 0.2) is 0 Å². The number of non-ortho nitro benzene ring substituents is 1. The molecule has 0 heterocycles. The molecule has 9 heteroatoms. The van der Waals surface area contributed by atoms with Gasteiger partial charge in [-0.25, -0.2) is 18.1 Å². The van der Waals surface area contributed by atoms with Gasteiger partial charge < -0.3 is 4.74 Å². The van der Waals surface area contributed by atoms with Gasteiger partial charge in [-0.1, -0.05) is 0 Å². The van der Waals surface area contributed by atoms with Gasteiger partial charge >= 0.3 is 6.09 Å². The molecule has 1 N–H and O–H groups in total. The van der Waals surface area contributed by atoms with E-state index in [1.54, 1.807) is 0 Å². The lowest BCUT2D eigenvalue weighted by molar-refractivity contribution is -0.385. The van der Waals surface area contributed by atoms with Crippen molar-refractivity contribution < 1.29 is 23.1 Å². The lowest BCUT2D eigenvalue weighted by Gasteiger charge is -2.11. The monoisotopic (exact) mass is 290 g/mol. The zero-order chi connectivity index (χ0) is 14.6. The molecule has 0 radical (unpaired) electrons. The highest BCUT2D eigenvalue weighted by Gasteiger charge is 2.19. The van der Waals surface area contributed by atoms with Crippen molar-refractivity contribution in [3.05, 3.63) is 34.1 Å². The third-order valence-electron chi connectivity index (χ3n) is 2.01. The van der Waals surface area contributed by atoms with Gasteiger partial charge in [0.25, 0.3) is 5.69 Å². The first-order valence-electron chi connectivity index (χ1n) is 5.03. The second-order valence-electron chi connectivity index (χ2n) is 3.37. The van der Waals surface area contributed by atoms with Crippen molar-refractivity contribution in [1.82, 2.24) is 4.72 Å². The highest BCUT2D eigenvalue weighted by Crippen LogP contribution is 2.20. The van der Waals surface area contributed by atoms with E-state index < -0.39 is 37.1 Å². The number of nitro groups is 1. The Morgan fingerprint density at radius 1 is 1.63 bits per heavy atom. The molecule has 1 aromatic rings. The summed E-state index contributed by atoms with van der Waals surface area (Å²) in [7, 11) is -3.48. The second-order valence-corrected chi connectivity index (χ2v) is 5.36. The molecule has 0 spiro atoms. The van der Waals surface area contributed by atoms with E-state index in [9.17, 15) is 23.5 Å². The molecule has 0 aliphatic rings. The van der Waals surface area contributed by atoms with Gasteiger partial charge in [0, 0.05) is 6.07 Å². The number of rotatable bonds is 4. The van der Waals surface area contributed by atoms with Crippen molar-refractivity contribution in [2.75, 3.05) is 6.61 Å². The van der Waals surface area contributed by atoms with Crippen molar-refractivity contribution in [2.45, 2.75) is 11.8 Å². The van der Waals surface area contributed by atoms with Crippen molar-refractivity contribution in [2.24, 2.45) is 0 Å². The van der Waals surface area contributed by atoms with Crippen LogP contribution in [0, 0.1) is 15.9 Å². The molecule has 0 aliphatic heterocycles. The average molecular weight is 290 g/mol. The third-order valence-corrected chi connectivity index (χ3v) is 3.54. The Labute approximate surface area is 108 Å². The van der Waals surface area contributed by atoms with E-state index >= 15 is 0 Å². The Bertz CT molecular complexity index is 614. The zero-order valence-electron chi connectivity index (χ0n) is 9.92. The molecule has 1 unspecified atom stereocenters. The maximum Gasteiger partial charge on any atom is 0.418 e. The van der Waals surface area contributed by atoms with Crippen LogP contribution in [0.1, 0.15) is 6.92 Å².